The number of nitrogens with zero attached hydrogens (tertiary/aromatic N) is 2. The van der Waals surface area contributed by atoms with Crippen molar-refractivity contribution in [2.24, 2.45) is 23.2 Å². The average Bonchev–Trinajstić information content (AvgIpc) is 3.27. The molecule has 3 aromatic rings. The molecule has 4 saturated carbocycles. The number of aromatic nitrogens is 2. The van der Waals surface area contributed by atoms with Crippen LogP contribution in [0.3, 0.4) is 0 Å². The third-order valence-corrected chi connectivity index (χ3v) is 9.21. The van der Waals surface area contributed by atoms with Crippen molar-refractivity contribution in [3.63, 3.8) is 0 Å². The molecule has 1 heterocycles. The molecule has 0 atom stereocenters. The third-order valence-electron chi connectivity index (χ3n) is 8.25. The van der Waals surface area contributed by atoms with E-state index >= 15 is 0 Å². The van der Waals surface area contributed by atoms with Gasteiger partial charge in [-0.15, -0.1) is 0 Å². The Kier molecular flexibility index (Phi) is 5.98. The Morgan fingerprint density at radius 2 is 1.56 bits per heavy atom. The Bertz CT molecular complexity index is 1110. The van der Waals surface area contributed by atoms with Crippen molar-refractivity contribution < 1.29 is 4.79 Å². The number of nitrogens with one attached hydrogen (secondary N) is 1. The summed E-state index contributed by atoms with van der Waals surface area (Å²) < 4.78 is 2.09. The van der Waals surface area contributed by atoms with Gasteiger partial charge in [0, 0.05) is 24.0 Å². The van der Waals surface area contributed by atoms with Gasteiger partial charge in [0.05, 0.1) is 11.4 Å². The van der Waals surface area contributed by atoms with Crippen molar-refractivity contribution in [1.29, 1.82) is 0 Å². The molecule has 5 heteroatoms. The van der Waals surface area contributed by atoms with Gasteiger partial charge in [-0.05, 0) is 80.2 Å². The Labute approximate surface area is 206 Å². The van der Waals surface area contributed by atoms with Gasteiger partial charge in [0.15, 0.2) is 5.16 Å². The summed E-state index contributed by atoms with van der Waals surface area (Å²) in [5.74, 6) is 3.40. The number of carbonyl (C=O) groups excluding carboxylic acids is 1. The summed E-state index contributed by atoms with van der Waals surface area (Å²) in [7, 11) is 0. The van der Waals surface area contributed by atoms with E-state index in [0.717, 1.165) is 52.8 Å². The van der Waals surface area contributed by atoms with Crippen LogP contribution in [0.1, 0.15) is 44.9 Å². The van der Waals surface area contributed by atoms with Crippen molar-refractivity contribution >= 4 is 17.7 Å². The average molecular weight is 472 g/mol. The van der Waals surface area contributed by atoms with Gasteiger partial charge in [-0.25, -0.2) is 4.98 Å². The first-order valence-electron chi connectivity index (χ1n) is 12.8. The number of amides is 1. The highest BCUT2D eigenvalue weighted by atomic mass is 32.2. The number of hydrogen-bond donors (Lipinski definition) is 1. The van der Waals surface area contributed by atoms with E-state index < -0.39 is 0 Å². The largest absolute Gasteiger partial charge is 0.355 e. The number of thioether (sulfide) groups is 1. The Morgan fingerprint density at radius 1 is 0.941 bits per heavy atom. The lowest BCUT2D eigenvalue weighted by Gasteiger charge is -2.57. The van der Waals surface area contributed by atoms with Crippen molar-refractivity contribution in [3.8, 4) is 16.9 Å². The van der Waals surface area contributed by atoms with E-state index in [-0.39, 0.29) is 5.91 Å². The third kappa shape index (κ3) is 4.55. The predicted molar refractivity (Wildman–Crippen MR) is 138 cm³/mol. The Morgan fingerprint density at radius 3 is 2.21 bits per heavy atom. The lowest BCUT2D eigenvalue weighted by molar-refractivity contribution is -0.119. The van der Waals surface area contributed by atoms with Gasteiger partial charge in [-0.3, -0.25) is 9.36 Å². The lowest BCUT2D eigenvalue weighted by atomic mass is 9.49. The molecular weight excluding hydrogens is 438 g/mol. The smallest absolute Gasteiger partial charge is 0.230 e. The lowest BCUT2D eigenvalue weighted by Crippen LogP contribution is -2.47. The second-order valence-electron chi connectivity index (χ2n) is 10.8. The zero-order valence-electron chi connectivity index (χ0n) is 19.7. The quantitative estimate of drug-likeness (QED) is 0.389. The highest BCUT2D eigenvalue weighted by molar-refractivity contribution is 7.99. The zero-order valence-corrected chi connectivity index (χ0v) is 20.5. The molecule has 4 bridgehead atoms. The summed E-state index contributed by atoms with van der Waals surface area (Å²) in [6.45, 7) is 0.813. The van der Waals surface area contributed by atoms with Gasteiger partial charge in [-0.1, -0.05) is 60.3 Å². The maximum atomic E-state index is 12.8. The van der Waals surface area contributed by atoms with Gasteiger partial charge in [0.25, 0.3) is 0 Å². The molecule has 4 aliphatic carbocycles. The molecule has 0 spiro atoms. The van der Waals surface area contributed by atoms with Crippen molar-refractivity contribution in [1.82, 2.24) is 14.9 Å². The predicted octanol–water partition coefficient (Wildman–Crippen LogP) is 6.35. The van der Waals surface area contributed by atoms with Gasteiger partial charge in [0.2, 0.25) is 5.91 Å². The molecule has 0 saturated heterocycles. The highest BCUT2D eigenvalue weighted by Crippen LogP contribution is 2.61. The molecule has 4 aliphatic rings. The maximum absolute atomic E-state index is 12.8. The van der Waals surface area contributed by atoms with Crippen LogP contribution in [0.2, 0.25) is 0 Å². The Hall–Kier alpha value is -2.53. The van der Waals surface area contributed by atoms with Crippen LogP contribution < -0.4 is 5.32 Å². The van der Waals surface area contributed by atoms with Gasteiger partial charge < -0.3 is 5.32 Å². The molecule has 0 unspecified atom stereocenters. The van der Waals surface area contributed by atoms with Gasteiger partial charge in [-0.2, -0.15) is 0 Å². The van der Waals surface area contributed by atoms with Crippen LogP contribution in [0, 0.1) is 23.2 Å². The second kappa shape index (κ2) is 9.26. The number of rotatable bonds is 8. The van der Waals surface area contributed by atoms with E-state index in [2.05, 4.69) is 40.3 Å². The number of benzene rings is 2. The van der Waals surface area contributed by atoms with E-state index in [4.69, 9.17) is 4.98 Å². The summed E-state index contributed by atoms with van der Waals surface area (Å²) in [5, 5.41) is 4.08. The first-order valence-corrected chi connectivity index (χ1v) is 13.7. The monoisotopic (exact) mass is 471 g/mol. The SMILES string of the molecule is O=C(CSc1nc(-c2ccccc2)cn1-c1ccccc1)NCCC12CC3CC(CC(C3)C1)C2. The van der Waals surface area contributed by atoms with Crippen LogP contribution in [0.4, 0.5) is 0 Å². The van der Waals surface area contributed by atoms with Crippen LogP contribution in [0.25, 0.3) is 16.9 Å². The number of para-hydroxylation sites is 1. The second-order valence-corrected chi connectivity index (χ2v) is 11.7. The molecule has 1 aromatic heterocycles. The minimum Gasteiger partial charge on any atom is -0.355 e. The minimum absolute atomic E-state index is 0.110. The van der Waals surface area contributed by atoms with Crippen LogP contribution in [-0.4, -0.2) is 27.8 Å². The highest BCUT2D eigenvalue weighted by Gasteiger charge is 2.50. The van der Waals surface area contributed by atoms with Crippen molar-refractivity contribution in [2.45, 2.75) is 50.1 Å². The molecule has 176 valence electrons. The van der Waals surface area contributed by atoms with Gasteiger partial charge in [0.1, 0.15) is 0 Å². The minimum atomic E-state index is 0.110. The fourth-order valence-electron chi connectivity index (χ4n) is 7.23. The zero-order chi connectivity index (χ0) is 23.0. The van der Waals surface area contributed by atoms with E-state index in [1.807, 2.05) is 36.4 Å². The summed E-state index contributed by atoms with van der Waals surface area (Å²) in [4.78, 5) is 17.6. The topological polar surface area (TPSA) is 46.9 Å². The fraction of sp³-hybridized carbons (Fsp3) is 0.448. The first-order chi connectivity index (χ1) is 16.7. The molecule has 1 N–H and O–H groups in total. The standard InChI is InChI=1S/C29H33N3OS/c33-27(30-12-11-29-16-21-13-22(17-29)15-23(14-21)18-29)20-34-28-31-26(24-7-3-1-4-8-24)19-32(28)25-9-5-2-6-10-25/h1-10,19,21-23H,11-18,20H2,(H,30,33). The van der Waals surface area contributed by atoms with E-state index in [0.29, 0.717) is 11.2 Å². The van der Waals surface area contributed by atoms with Crippen molar-refractivity contribution in [3.05, 3.63) is 66.9 Å². The molecule has 4 nitrogen and oxygen atoms in total. The summed E-state index contributed by atoms with van der Waals surface area (Å²) in [5.41, 5.74) is 3.58. The molecule has 0 radical (unpaired) electrons. The molecule has 1 amide bonds. The molecule has 2 aromatic carbocycles. The number of hydrogen-bond acceptors (Lipinski definition) is 3. The van der Waals surface area contributed by atoms with E-state index in [1.54, 1.807) is 0 Å². The maximum Gasteiger partial charge on any atom is 0.230 e. The number of carbonyl (C=O) groups is 1. The normalized spacial score (nSPS) is 27.1. The molecule has 7 rings (SSSR count). The van der Waals surface area contributed by atoms with E-state index in [1.165, 1.54) is 50.3 Å². The molecular formula is C29H33N3OS. The molecule has 4 fully saturated rings. The fourth-order valence-corrected chi connectivity index (χ4v) is 8.05. The summed E-state index contributed by atoms with van der Waals surface area (Å²) in [6.07, 6.45) is 11.9. The Balaban J connectivity index is 1.09. The molecule has 34 heavy (non-hydrogen) atoms. The van der Waals surface area contributed by atoms with Crippen LogP contribution in [-0.2, 0) is 4.79 Å². The summed E-state index contributed by atoms with van der Waals surface area (Å²) >= 11 is 1.52. The first kappa shape index (κ1) is 22.0. The van der Waals surface area contributed by atoms with Gasteiger partial charge >= 0.3 is 0 Å². The van der Waals surface area contributed by atoms with Crippen LogP contribution in [0.5, 0.6) is 0 Å². The molecule has 0 aliphatic heterocycles. The van der Waals surface area contributed by atoms with E-state index in [9.17, 15) is 4.79 Å². The van der Waals surface area contributed by atoms with Crippen LogP contribution in [0.15, 0.2) is 72.0 Å². The van der Waals surface area contributed by atoms with Crippen molar-refractivity contribution in [2.75, 3.05) is 12.3 Å². The summed E-state index contributed by atoms with van der Waals surface area (Å²) in [6, 6.07) is 20.4. The van der Waals surface area contributed by atoms with Crippen LogP contribution >= 0.6 is 11.8 Å². The number of imidazole rings is 1.